The van der Waals surface area contributed by atoms with Gasteiger partial charge < -0.3 is 4.72 Å². The SMILES string of the molecule is CS1(Nc2ccccc2)c2c(cccc2C2C=CC(C(F)(F)F)=C2)-c2cc(C(F)(F)F)ccc2N1c1ccccc1. The number of hydrogen-bond donors (Lipinski definition) is 1. The lowest BCUT2D eigenvalue weighted by atomic mass is 9.93. The van der Waals surface area contributed by atoms with E-state index in [-0.39, 0.29) is 0 Å². The van der Waals surface area contributed by atoms with Gasteiger partial charge in [-0.25, -0.2) is 0 Å². The summed E-state index contributed by atoms with van der Waals surface area (Å²) in [6, 6.07) is 27.6. The van der Waals surface area contributed by atoms with Crippen LogP contribution in [-0.4, -0.2) is 12.4 Å². The third kappa shape index (κ3) is 4.78. The van der Waals surface area contributed by atoms with Crippen LogP contribution >= 0.6 is 10.4 Å². The molecule has 0 spiro atoms. The first-order valence-electron chi connectivity index (χ1n) is 12.7. The number of nitrogens with zero attached hydrogens (tertiary/aromatic N) is 1. The molecule has 6 rings (SSSR count). The summed E-state index contributed by atoms with van der Waals surface area (Å²) in [7, 11) is -2.37. The molecule has 2 atom stereocenters. The first kappa shape index (κ1) is 27.1. The van der Waals surface area contributed by atoms with Crippen LogP contribution in [0.2, 0.25) is 0 Å². The van der Waals surface area contributed by atoms with Crippen LogP contribution in [-0.2, 0) is 6.18 Å². The van der Waals surface area contributed by atoms with E-state index >= 15 is 0 Å². The Morgan fingerprint density at radius 2 is 1.41 bits per heavy atom. The molecule has 41 heavy (non-hydrogen) atoms. The van der Waals surface area contributed by atoms with Gasteiger partial charge in [0.25, 0.3) is 0 Å². The number of benzene rings is 4. The molecule has 0 aromatic heterocycles. The van der Waals surface area contributed by atoms with Crippen LogP contribution in [0.1, 0.15) is 17.0 Å². The van der Waals surface area contributed by atoms with E-state index in [1.165, 1.54) is 18.2 Å². The van der Waals surface area contributed by atoms with Gasteiger partial charge in [0.1, 0.15) is 0 Å². The zero-order valence-electron chi connectivity index (χ0n) is 21.7. The fourth-order valence-corrected chi connectivity index (χ4v) is 8.84. The lowest BCUT2D eigenvalue weighted by Crippen LogP contribution is -2.33. The largest absolute Gasteiger partial charge is 0.416 e. The van der Waals surface area contributed by atoms with Gasteiger partial charge in [-0.2, -0.15) is 26.3 Å². The standard InChI is InChI=1S/C32H24F6N2S/c1-41(39-24-9-4-2-5-10-24)30-26(21-15-16-22(19-21)31(33,34)35)13-8-14-27(30)28-20-23(32(36,37)38)17-18-29(28)40(41)25-11-6-3-7-12-25/h2-21,39H,1H3. The second-order valence-electron chi connectivity index (χ2n) is 9.93. The number of fused-ring (bicyclic) bond motifs is 3. The van der Waals surface area contributed by atoms with E-state index in [0.717, 1.165) is 29.6 Å². The fourth-order valence-electron chi connectivity index (χ4n) is 5.51. The van der Waals surface area contributed by atoms with Gasteiger partial charge in [-0.15, -0.1) is 0 Å². The smallest absolute Gasteiger partial charge is 0.328 e. The van der Waals surface area contributed by atoms with Gasteiger partial charge in [0, 0.05) is 28.3 Å². The number of halogens is 6. The highest BCUT2D eigenvalue weighted by atomic mass is 32.3. The second-order valence-corrected chi connectivity index (χ2v) is 12.7. The monoisotopic (exact) mass is 582 g/mol. The molecular formula is C32H24F6N2S. The Labute approximate surface area is 235 Å². The number of allylic oxidation sites excluding steroid dienone is 4. The van der Waals surface area contributed by atoms with Crippen LogP contribution in [0.25, 0.3) is 11.1 Å². The third-order valence-corrected chi connectivity index (χ3v) is 10.3. The van der Waals surface area contributed by atoms with E-state index in [1.54, 1.807) is 18.2 Å². The van der Waals surface area contributed by atoms with Crippen molar-refractivity contribution in [2.24, 2.45) is 0 Å². The highest BCUT2D eigenvalue weighted by Gasteiger charge is 2.43. The van der Waals surface area contributed by atoms with E-state index in [0.29, 0.717) is 27.3 Å². The molecule has 4 aromatic rings. The average molecular weight is 583 g/mol. The molecule has 0 radical (unpaired) electrons. The molecule has 0 saturated carbocycles. The Bertz CT molecular complexity index is 1660. The molecular weight excluding hydrogens is 558 g/mol. The Morgan fingerprint density at radius 3 is 2.05 bits per heavy atom. The van der Waals surface area contributed by atoms with Gasteiger partial charge in [0.05, 0.1) is 22.5 Å². The van der Waals surface area contributed by atoms with Gasteiger partial charge in [0.15, 0.2) is 0 Å². The third-order valence-electron chi connectivity index (χ3n) is 7.25. The molecule has 2 unspecified atom stereocenters. The van der Waals surface area contributed by atoms with Gasteiger partial charge in [-0.3, -0.25) is 4.31 Å². The summed E-state index contributed by atoms with van der Waals surface area (Å²) in [4.78, 5) is 0.675. The minimum Gasteiger partial charge on any atom is -0.328 e. The first-order valence-corrected chi connectivity index (χ1v) is 14.7. The molecule has 1 aliphatic carbocycles. The van der Waals surface area contributed by atoms with Gasteiger partial charge in [0.2, 0.25) is 0 Å². The Balaban J connectivity index is 1.67. The molecule has 9 heteroatoms. The molecule has 2 aliphatic rings. The maximum Gasteiger partial charge on any atom is 0.416 e. The molecule has 0 bridgehead atoms. The number of para-hydroxylation sites is 2. The molecule has 210 valence electrons. The van der Waals surface area contributed by atoms with Crippen molar-refractivity contribution >= 4 is 27.5 Å². The van der Waals surface area contributed by atoms with Crippen LogP contribution in [0.15, 0.2) is 126 Å². The van der Waals surface area contributed by atoms with E-state index in [4.69, 9.17) is 0 Å². The van der Waals surface area contributed by atoms with Crippen LogP contribution in [0.4, 0.5) is 43.4 Å². The lowest BCUT2D eigenvalue weighted by Gasteiger charge is -2.53. The normalized spacial score (nSPS) is 21.5. The Morgan fingerprint density at radius 1 is 0.732 bits per heavy atom. The van der Waals surface area contributed by atoms with Gasteiger partial charge in [-0.1, -0.05) is 83.2 Å². The van der Waals surface area contributed by atoms with Crippen LogP contribution in [0, 0.1) is 0 Å². The van der Waals surface area contributed by atoms with Gasteiger partial charge >= 0.3 is 12.4 Å². The van der Waals surface area contributed by atoms with Crippen molar-refractivity contribution in [3.05, 3.63) is 132 Å². The maximum atomic E-state index is 13.9. The van der Waals surface area contributed by atoms with Crippen molar-refractivity contribution in [2.75, 3.05) is 15.3 Å². The fraction of sp³-hybridized carbons (Fsp3) is 0.125. The average Bonchev–Trinajstić information content (AvgIpc) is 3.45. The van der Waals surface area contributed by atoms with Crippen LogP contribution < -0.4 is 9.03 Å². The van der Waals surface area contributed by atoms with E-state index < -0.39 is 39.8 Å². The number of alkyl halides is 6. The molecule has 1 heterocycles. The van der Waals surface area contributed by atoms with Crippen molar-refractivity contribution in [1.82, 2.24) is 0 Å². The summed E-state index contributed by atoms with van der Waals surface area (Å²) in [5.74, 6) is -0.712. The molecule has 0 amide bonds. The van der Waals surface area contributed by atoms with Gasteiger partial charge in [-0.05, 0) is 53.6 Å². The molecule has 0 fully saturated rings. The summed E-state index contributed by atoms with van der Waals surface area (Å²) < 4.78 is 88.3. The maximum absolute atomic E-state index is 13.9. The lowest BCUT2D eigenvalue weighted by molar-refractivity contribution is -0.137. The molecule has 1 aliphatic heterocycles. The number of anilines is 3. The van der Waals surface area contributed by atoms with Crippen molar-refractivity contribution in [1.29, 1.82) is 0 Å². The molecule has 0 saturated heterocycles. The number of rotatable bonds is 4. The summed E-state index contributed by atoms with van der Waals surface area (Å²) in [6.45, 7) is 0. The quantitative estimate of drug-likeness (QED) is 0.241. The van der Waals surface area contributed by atoms with E-state index in [1.807, 2.05) is 71.2 Å². The Kier molecular flexibility index (Phi) is 6.45. The minimum absolute atomic E-state index is 0.363. The highest BCUT2D eigenvalue weighted by molar-refractivity contribution is 8.35. The van der Waals surface area contributed by atoms with Crippen molar-refractivity contribution in [2.45, 2.75) is 23.2 Å². The summed E-state index contributed by atoms with van der Waals surface area (Å²) in [5.41, 5.74) is 2.06. The Hall–Kier alpha value is -4.11. The summed E-state index contributed by atoms with van der Waals surface area (Å²) in [6.07, 6.45) is -3.36. The predicted octanol–water partition coefficient (Wildman–Crippen LogP) is 10.4. The van der Waals surface area contributed by atoms with Crippen molar-refractivity contribution in [3.63, 3.8) is 0 Å². The zero-order valence-corrected chi connectivity index (χ0v) is 22.5. The second kappa shape index (κ2) is 9.76. The highest BCUT2D eigenvalue weighted by Crippen LogP contribution is 2.69. The van der Waals surface area contributed by atoms with Crippen molar-refractivity contribution < 1.29 is 26.3 Å². The topological polar surface area (TPSA) is 15.3 Å². The minimum atomic E-state index is -4.57. The van der Waals surface area contributed by atoms with E-state index in [2.05, 4.69) is 4.72 Å². The number of nitrogens with one attached hydrogen (secondary N) is 1. The summed E-state index contributed by atoms with van der Waals surface area (Å²) >= 11 is 0. The number of hydrogen-bond acceptors (Lipinski definition) is 2. The molecule has 2 nitrogen and oxygen atoms in total. The first-order chi connectivity index (χ1) is 19.5. The molecule has 1 N–H and O–H groups in total. The van der Waals surface area contributed by atoms with Crippen LogP contribution in [0.3, 0.4) is 0 Å². The predicted molar refractivity (Wildman–Crippen MR) is 153 cm³/mol. The van der Waals surface area contributed by atoms with Crippen molar-refractivity contribution in [3.8, 4) is 11.1 Å². The zero-order chi connectivity index (χ0) is 29.0. The van der Waals surface area contributed by atoms with Crippen LogP contribution in [0.5, 0.6) is 0 Å². The molecule has 4 aromatic carbocycles. The summed E-state index contributed by atoms with van der Waals surface area (Å²) in [5, 5.41) is 0. The van der Waals surface area contributed by atoms with E-state index in [9.17, 15) is 26.3 Å².